The maximum atomic E-state index is 13.5. The lowest BCUT2D eigenvalue weighted by Crippen LogP contribution is -2.35. The van der Waals surface area contributed by atoms with Crippen molar-refractivity contribution in [1.29, 1.82) is 5.26 Å². The van der Waals surface area contributed by atoms with Crippen molar-refractivity contribution < 1.29 is 4.79 Å². The van der Waals surface area contributed by atoms with Crippen LogP contribution in [-0.4, -0.2) is 26.2 Å². The predicted molar refractivity (Wildman–Crippen MR) is 130 cm³/mol. The van der Waals surface area contributed by atoms with Gasteiger partial charge in [-0.1, -0.05) is 30.0 Å². The summed E-state index contributed by atoms with van der Waals surface area (Å²) < 4.78 is 3.28. The Kier molecular flexibility index (Phi) is 6.17. The number of aliphatic imine (C=N–C) groups is 1. The molecule has 0 bridgehead atoms. The summed E-state index contributed by atoms with van der Waals surface area (Å²) in [7, 11) is 1.79. The fourth-order valence-electron chi connectivity index (χ4n) is 3.45. The molecule has 1 aliphatic heterocycles. The first-order valence-corrected chi connectivity index (χ1v) is 11.8. The molecule has 1 amide bonds. The van der Waals surface area contributed by atoms with Crippen LogP contribution >= 0.6 is 23.1 Å². The zero-order valence-corrected chi connectivity index (χ0v) is 19.5. The number of thioether (sulfide) groups is 1. The lowest BCUT2D eigenvalue weighted by molar-refractivity contribution is -0.113. The molecule has 1 aliphatic rings. The van der Waals surface area contributed by atoms with Crippen LogP contribution in [0.2, 0.25) is 0 Å². The smallest absolute Gasteiger partial charge is 0.283 e. The number of anilines is 1. The highest BCUT2D eigenvalue weighted by molar-refractivity contribution is 8.14. The Morgan fingerprint density at radius 2 is 1.94 bits per heavy atom. The Balaban J connectivity index is 1.83. The Labute approximate surface area is 193 Å². The van der Waals surface area contributed by atoms with E-state index in [9.17, 15) is 9.59 Å². The van der Waals surface area contributed by atoms with Crippen LogP contribution in [0.4, 0.5) is 5.69 Å². The van der Waals surface area contributed by atoms with Crippen LogP contribution in [0, 0.1) is 25.2 Å². The highest BCUT2D eigenvalue weighted by Gasteiger charge is 2.36. The molecule has 4 rings (SSSR count). The summed E-state index contributed by atoms with van der Waals surface area (Å²) in [6.45, 7) is 3.79. The van der Waals surface area contributed by atoms with Crippen molar-refractivity contribution in [2.45, 2.75) is 20.3 Å². The summed E-state index contributed by atoms with van der Waals surface area (Å²) in [6, 6.07) is 13.4. The third kappa shape index (κ3) is 3.83. The van der Waals surface area contributed by atoms with E-state index in [2.05, 4.69) is 11.1 Å². The quantitative estimate of drug-likeness (QED) is 0.418. The molecule has 3 heterocycles. The van der Waals surface area contributed by atoms with E-state index in [1.807, 2.05) is 55.6 Å². The fourth-order valence-corrected chi connectivity index (χ4v) is 5.14. The van der Waals surface area contributed by atoms with Crippen LogP contribution in [0.3, 0.4) is 0 Å². The number of aromatic nitrogens is 2. The molecule has 0 fully saturated rings. The topological polar surface area (TPSA) is 83.4 Å². The molecule has 0 spiro atoms. The van der Waals surface area contributed by atoms with Gasteiger partial charge in [-0.05, 0) is 49.1 Å². The van der Waals surface area contributed by atoms with Crippen LogP contribution in [0.15, 0.2) is 57.3 Å². The van der Waals surface area contributed by atoms with E-state index in [0.29, 0.717) is 28.7 Å². The average molecular weight is 464 g/mol. The Bertz CT molecular complexity index is 1340. The van der Waals surface area contributed by atoms with Crippen LogP contribution < -0.4 is 10.5 Å². The van der Waals surface area contributed by atoms with E-state index < -0.39 is 0 Å². The van der Waals surface area contributed by atoms with Gasteiger partial charge in [-0.3, -0.25) is 14.3 Å². The predicted octanol–water partition coefficient (Wildman–Crippen LogP) is 4.24. The minimum Gasteiger partial charge on any atom is -0.283 e. The van der Waals surface area contributed by atoms with Gasteiger partial charge in [0.25, 0.3) is 11.5 Å². The maximum Gasteiger partial charge on any atom is 0.296 e. The lowest BCUT2D eigenvalue weighted by Gasteiger charge is -2.15. The molecule has 0 saturated carbocycles. The number of rotatable bonds is 5. The minimum atomic E-state index is -0.344. The molecule has 162 valence electrons. The third-order valence-electron chi connectivity index (χ3n) is 5.19. The summed E-state index contributed by atoms with van der Waals surface area (Å²) in [4.78, 5) is 33.9. The van der Waals surface area contributed by atoms with Gasteiger partial charge < -0.3 is 0 Å². The maximum absolute atomic E-state index is 13.5. The summed E-state index contributed by atoms with van der Waals surface area (Å²) in [5.74, 6) is 0.131. The summed E-state index contributed by atoms with van der Waals surface area (Å²) >= 11 is 2.83. The third-order valence-corrected chi connectivity index (χ3v) is 7.10. The Morgan fingerprint density at radius 1 is 1.19 bits per heavy atom. The van der Waals surface area contributed by atoms with Crippen molar-refractivity contribution in [3.05, 3.63) is 74.0 Å². The first-order valence-electron chi connectivity index (χ1n) is 9.96. The van der Waals surface area contributed by atoms with Gasteiger partial charge in [-0.25, -0.2) is 14.6 Å². The van der Waals surface area contributed by atoms with Crippen molar-refractivity contribution in [1.82, 2.24) is 9.36 Å². The van der Waals surface area contributed by atoms with Crippen LogP contribution in [0.1, 0.15) is 22.6 Å². The Hall–Kier alpha value is -3.35. The fraction of sp³-hybridized carbons (Fsp3) is 0.217. The molecule has 1 aromatic carbocycles. The molecular formula is C23H21N5O2S2. The number of nitrogens with zero attached hydrogens (tertiary/aromatic N) is 5. The number of hydrogen-bond acceptors (Lipinski definition) is 6. The number of carbonyl (C=O) groups is 1. The molecule has 0 atom stereocenters. The van der Waals surface area contributed by atoms with E-state index in [0.717, 1.165) is 10.4 Å². The number of para-hydroxylation sites is 1. The van der Waals surface area contributed by atoms with Crippen molar-refractivity contribution >= 4 is 45.9 Å². The summed E-state index contributed by atoms with van der Waals surface area (Å²) in [6.07, 6.45) is 2.08. The van der Waals surface area contributed by atoms with Gasteiger partial charge in [0.2, 0.25) is 0 Å². The van der Waals surface area contributed by atoms with Crippen LogP contribution in [0.5, 0.6) is 0 Å². The highest BCUT2D eigenvalue weighted by Crippen LogP contribution is 2.31. The molecule has 0 saturated heterocycles. The second-order valence-corrected chi connectivity index (χ2v) is 9.21. The Morgan fingerprint density at radius 3 is 2.59 bits per heavy atom. The molecule has 32 heavy (non-hydrogen) atoms. The van der Waals surface area contributed by atoms with Gasteiger partial charge in [0.1, 0.15) is 11.4 Å². The van der Waals surface area contributed by atoms with Gasteiger partial charge in [0.15, 0.2) is 5.17 Å². The standard InChI is InChI=1S/C23H21N5O2S2/c1-15-10-13-31-19(15)14-18-21(29)27(23(25-18)32-12-7-11-24)20-16(2)26(3)28(22(20)30)17-8-5-4-6-9-17/h4-6,8-10,13-14H,7,12H2,1-3H3/b18-14-. The number of thiophene rings is 1. The zero-order valence-electron chi connectivity index (χ0n) is 17.9. The van der Waals surface area contributed by atoms with Crippen molar-refractivity contribution in [3.63, 3.8) is 0 Å². The van der Waals surface area contributed by atoms with Crippen LogP contribution in [0.25, 0.3) is 11.8 Å². The number of benzene rings is 1. The van der Waals surface area contributed by atoms with E-state index in [-0.39, 0.29) is 22.9 Å². The number of hydrogen-bond donors (Lipinski definition) is 0. The number of nitriles is 1. The zero-order chi connectivity index (χ0) is 22.8. The van der Waals surface area contributed by atoms with E-state index in [4.69, 9.17) is 5.26 Å². The molecule has 0 unspecified atom stereocenters. The van der Waals surface area contributed by atoms with Gasteiger partial charge in [0.05, 0.1) is 17.5 Å². The molecular weight excluding hydrogens is 442 g/mol. The van der Waals surface area contributed by atoms with Gasteiger partial charge in [-0.2, -0.15) is 5.26 Å². The average Bonchev–Trinajstić information content (AvgIpc) is 3.39. The minimum absolute atomic E-state index is 0.274. The SMILES string of the molecule is Cc1ccsc1/C=C1\N=C(SCCC#N)N(c2c(C)n(C)n(-c3ccccc3)c2=O)C1=O. The summed E-state index contributed by atoms with van der Waals surface area (Å²) in [5.41, 5.74) is 2.67. The van der Waals surface area contributed by atoms with Crippen molar-refractivity contribution in [3.8, 4) is 11.8 Å². The number of aryl methyl sites for hydroxylation is 1. The lowest BCUT2D eigenvalue weighted by atomic mass is 10.2. The molecule has 9 heteroatoms. The highest BCUT2D eigenvalue weighted by atomic mass is 32.2. The number of amidine groups is 1. The summed E-state index contributed by atoms with van der Waals surface area (Å²) in [5, 5.41) is 11.3. The van der Waals surface area contributed by atoms with E-state index >= 15 is 0 Å². The second-order valence-electron chi connectivity index (χ2n) is 7.20. The first kappa shape index (κ1) is 21.9. The van der Waals surface area contributed by atoms with Crippen molar-refractivity contribution in [2.75, 3.05) is 10.7 Å². The van der Waals surface area contributed by atoms with Gasteiger partial charge >= 0.3 is 0 Å². The van der Waals surface area contributed by atoms with Crippen LogP contribution in [-0.2, 0) is 11.8 Å². The van der Waals surface area contributed by atoms with E-state index in [1.165, 1.54) is 28.0 Å². The van der Waals surface area contributed by atoms with Gasteiger partial charge in [-0.15, -0.1) is 11.3 Å². The molecule has 7 nitrogen and oxygen atoms in total. The molecule has 2 aromatic heterocycles. The molecule has 0 N–H and O–H groups in total. The van der Waals surface area contributed by atoms with Crippen molar-refractivity contribution in [2.24, 2.45) is 12.0 Å². The molecule has 0 aliphatic carbocycles. The number of amides is 1. The number of carbonyl (C=O) groups excluding carboxylic acids is 1. The van der Waals surface area contributed by atoms with Gasteiger partial charge in [0, 0.05) is 24.1 Å². The molecule has 0 radical (unpaired) electrons. The monoisotopic (exact) mass is 463 g/mol. The van der Waals surface area contributed by atoms with E-state index in [1.54, 1.807) is 22.5 Å². The first-order chi connectivity index (χ1) is 15.4. The second kappa shape index (κ2) is 9.02. The molecule has 3 aromatic rings. The largest absolute Gasteiger partial charge is 0.296 e. The normalized spacial score (nSPS) is 14.8.